The fourth-order valence-electron chi connectivity index (χ4n) is 3.86. The minimum atomic E-state index is -1.30. The molecule has 4 rings (SSSR count). The zero-order valence-corrected chi connectivity index (χ0v) is 20.2. The number of nitrogens with two attached hydrogens (primary N) is 1. The van der Waals surface area contributed by atoms with Crippen LogP contribution in [0.15, 0.2) is 29.2 Å². The van der Waals surface area contributed by atoms with Gasteiger partial charge in [-0.05, 0) is 63.3 Å². The molecule has 0 radical (unpaired) electrons. The van der Waals surface area contributed by atoms with Crippen molar-refractivity contribution in [2.45, 2.75) is 52.2 Å². The van der Waals surface area contributed by atoms with Gasteiger partial charge in [0.2, 0.25) is 0 Å². The van der Waals surface area contributed by atoms with Gasteiger partial charge in [0.05, 0.1) is 12.7 Å². The quantitative estimate of drug-likeness (QED) is 0.473. The van der Waals surface area contributed by atoms with Crippen LogP contribution >= 0.6 is 0 Å². The van der Waals surface area contributed by atoms with E-state index in [2.05, 4.69) is 14.7 Å². The molecular weight excluding hydrogens is 456 g/mol. The Balaban J connectivity index is 0.000000196. The highest BCUT2D eigenvalue weighted by Gasteiger charge is 2.26. The summed E-state index contributed by atoms with van der Waals surface area (Å²) in [6.07, 6.45) is 3.13. The van der Waals surface area contributed by atoms with Gasteiger partial charge >= 0.3 is 23.6 Å². The second-order valence-electron chi connectivity index (χ2n) is 9.06. The third kappa shape index (κ3) is 5.40. The maximum Gasteiger partial charge on any atom is 0.355 e. The Morgan fingerprint density at radius 3 is 2.51 bits per heavy atom. The summed E-state index contributed by atoms with van der Waals surface area (Å²) in [6, 6.07) is 4.91. The molecule has 1 aromatic carbocycles. The van der Waals surface area contributed by atoms with Crippen molar-refractivity contribution in [1.29, 1.82) is 0 Å². The van der Waals surface area contributed by atoms with Crippen LogP contribution < -0.4 is 11.4 Å². The Labute approximate surface area is 200 Å². The number of carbonyl (C=O) groups excluding carboxylic acids is 2. The maximum absolute atomic E-state index is 12.1. The average Bonchev–Trinajstić information content (AvgIpc) is 3.35. The largest absolute Gasteiger partial charge is 0.477 e. The number of ether oxygens (including phenoxy) is 2. The number of nitrogens with one attached hydrogen (secondary N) is 1. The third-order valence-electron chi connectivity index (χ3n) is 5.48. The van der Waals surface area contributed by atoms with Gasteiger partial charge in [-0.2, -0.15) is 0 Å². The molecule has 1 aliphatic rings. The van der Waals surface area contributed by atoms with Crippen LogP contribution in [0.1, 0.15) is 81.3 Å². The predicted molar refractivity (Wildman–Crippen MR) is 126 cm³/mol. The van der Waals surface area contributed by atoms with Crippen molar-refractivity contribution in [3.8, 4) is 0 Å². The zero-order chi connectivity index (χ0) is 26.1. The van der Waals surface area contributed by atoms with Crippen molar-refractivity contribution in [2.75, 3.05) is 7.11 Å². The Morgan fingerprint density at radius 2 is 1.91 bits per heavy atom. The molecule has 186 valence electrons. The molecule has 0 saturated heterocycles. The van der Waals surface area contributed by atoms with Gasteiger partial charge in [-0.3, -0.25) is 0 Å². The summed E-state index contributed by atoms with van der Waals surface area (Å²) in [4.78, 5) is 51.8. The van der Waals surface area contributed by atoms with Crippen molar-refractivity contribution in [2.24, 2.45) is 5.73 Å². The molecule has 11 heteroatoms. The summed E-state index contributed by atoms with van der Waals surface area (Å²) >= 11 is 0. The standard InChI is InChI=1S/C15H21NO2.C9H7N3O5/c1-9-10-7-8-13(16)12(10)6-5-11(9)14(17)18-15(2,3)4;1-17-8(15)5-2-4(7(13)14)11-6-3-10-9(16)12(5)6/h5-6,13H,7-8,16H2,1-4H3;2-3H,1H3,(H,10,16)(H,13,14)/t13-;/m0./s1. The fourth-order valence-corrected chi connectivity index (χ4v) is 3.86. The van der Waals surface area contributed by atoms with Crippen molar-refractivity contribution in [3.63, 3.8) is 0 Å². The second-order valence-corrected chi connectivity index (χ2v) is 9.06. The first-order valence-electron chi connectivity index (χ1n) is 10.9. The number of methoxy groups -OCH3 is 1. The summed E-state index contributed by atoms with van der Waals surface area (Å²) < 4.78 is 10.8. The van der Waals surface area contributed by atoms with E-state index in [9.17, 15) is 19.2 Å². The van der Waals surface area contributed by atoms with Gasteiger partial charge < -0.3 is 25.3 Å². The van der Waals surface area contributed by atoms with Crippen LogP contribution in [0.2, 0.25) is 0 Å². The number of imidazole rings is 1. The first kappa shape index (κ1) is 25.6. The van der Waals surface area contributed by atoms with E-state index in [1.165, 1.54) is 17.3 Å². The van der Waals surface area contributed by atoms with Crippen molar-refractivity contribution < 1.29 is 29.0 Å². The van der Waals surface area contributed by atoms with Gasteiger partial charge in [0.1, 0.15) is 11.3 Å². The molecule has 2 aromatic heterocycles. The van der Waals surface area contributed by atoms with E-state index in [4.69, 9.17) is 15.6 Å². The number of carboxylic acid groups (broad SMARTS) is 1. The van der Waals surface area contributed by atoms with Crippen LogP contribution in [0.5, 0.6) is 0 Å². The molecule has 1 aliphatic carbocycles. The predicted octanol–water partition coefficient (Wildman–Crippen LogP) is 2.40. The maximum atomic E-state index is 12.1. The zero-order valence-electron chi connectivity index (χ0n) is 20.2. The second kappa shape index (κ2) is 9.71. The van der Waals surface area contributed by atoms with Crippen LogP contribution in [-0.4, -0.2) is 50.1 Å². The van der Waals surface area contributed by atoms with E-state index in [0.717, 1.165) is 36.0 Å². The average molecular weight is 485 g/mol. The van der Waals surface area contributed by atoms with E-state index >= 15 is 0 Å². The molecule has 35 heavy (non-hydrogen) atoms. The Morgan fingerprint density at radius 1 is 1.23 bits per heavy atom. The Kier molecular flexibility index (Phi) is 7.11. The number of carbonyl (C=O) groups is 3. The number of fused-ring (bicyclic) bond motifs is 2. The number of esters is 2. The topological polar surface area (TPSA) is 166 Å². The normalized spacial score (nSPS) is 14.6. The Hall–Kier alpha value is -3.99. The molecule has 0 amide bonds. The highest BCUT2D eigenvalue weighted by atomic mass is 16.6. The lowest BCUT2D eigenvalue weighted by atomic mass is 9.98. The van der Waals surface area contributed by atoms with E-state index in [1.807, 2.05) is 39.8 Å². The summed E-state index contributed by atoms with van der Waals surface area (Å²) in [5.41, 5.74) is 8.57. The van der Waals surface area contributed by atoms with Crippen molar-refractivity contribution >= 4 is 23.6 Å². The molecule has 0 aliphatic heterocycles. The van der Waals surface area contributed by atoms with Gasteiger partial charge in [-0.25, -0.2) is 28.6 Å². The molecule has 0 spiro atoms. The summed E-state index contributed by atoms with van der Waals surface area (Å²) in [5, 5.41) is 8.82. The van der Waals surface area contributed by atoms with Crippen LogP contribution in [0.25, 0.3) is 5.65 Å². The van der Waals surface area contributed by atoms with Gasteiger partial charge in [-0.15, -0.1) is 0 Å². The smallest absolute Gasteiger partial charge is 0.355 e. The number of hydrogen-bond acceptors (Lipinski definition) is 8. The van der Waals surface area contributed by atoms with Crippen LogP contribution in [0, 0.1) is 6.92 Å². The number of nitrogens with zero attached hydrogens (tertiary/aromatic N) is 2. The molecule has 0 saturated carbocycles. The molecule has 3 aromatic rings. The molecule has 1 atom stereocenters. The molecule has 0 bridgehead atoms. The lowest BCUT2D eigenvalue weighted by Crippen LogP contribution is -2.24. The first-order valence-corrected chi connectivity index (χ1v) is 10.9. The molecule has 0 fully saturated rings. The summed E-state index contributed by atoms with van der Waals surface area (Å²) in [5.74, 6) is -2.36. The van der Waals surface area contributed by atoms with E-state index in [-0.39, 0.29) is 29.0 Å². The summed E-state index contributed by atoms with van der Waals surface area (Å²) in [7, 11) is 1.13. The Bertz CT molecular complexity index is 1360. The SMILES string of the molecule is COC(=O)c1cc(C(=O)O)nc2c[nH]c(=O)n12.Cc1c(C(=O)OC(C)(C)C)ccc2c1CC[C@@H]2N. The number of benzene rings is 1. The highest BCUT2D eigenvalue weighted by molar-refractivity contribution is 5.93. The first-order chi connectivity index (χ1) is 16.3. The van der Waals surface area contributed by atoms with E-state index in [0.29, 0.717) is 5.56 Å². The van der Waals surface area contributed by atoms with Crippen LogP contribution in [-0.2, 0) is 15.9 Å². The highest BCUT2D eigenvalue weighted by Crippen LogP contribution is 2.33. The van der Waals surface area contributed by atoms with E-state index in [1.54, 1.807) is 0 Å². The molecule has 0 unspecified atom stereocenters. The molecule has 11 nitrogen and oxygen atoms in total. The van der Waals surface area contributed by atoms with Crippen molar-refractivity contribution in [3.05, 3.63) is 68.5 Å². The third-order valence-corrected chi connectivity index (χ3v) is 5.48. The monoisotopic (exact) mass is 484 g/mol. The minimum Gasteiger partial charge on any atom is -0.477 e. The number of aromatic amines is 1. The van der Waals surface area contributed by atoms with Crippen molar-refractivity contribution in [1.82, 2.24) is 14.4 Å². The van der Waals surface area contributed by atoms with Gasteiger partial charge in [0, 0.05) is 18.3 Å². The number of aromatic nitrogens is 3. The number of aromatic carboxylic acids is 1. The summed E-state index contributed by atoms with van der Waals surface area (Å²) in [6.45, 7) is 7.62. The molecule has 4 N–H and O–H groups in total. The van der Waals surface area contributed by atoms with Crippen LogP contribution in [0.3, 0.4) is 0 Å². The minimum absolute atomic E-state index is 0.0373. The lowest BCUT2D eigenvalue weighted by Gasteiger charge is -2.21. The molecular formula is C24H28N4O7. The number of carboxylic acids is 1. The van der Waals surface area contributed by atoms with Gasteiger partial charge in [0.15, 0.2) is 11.3 Å². The number of H-pyrrole nitrogens is 1. The van der Waals surface area contributed by atoms with E-state index < -0.39 is 23.2 Å². The molecule has 2 heterocycles. The number of rotatable bonds is 3. The fraction of sp³-hybridized carbons (Fsp3) is 0.375. The van der Waals surface area contributed by atoms with Gasteiger partial charge in [0.25, 0.3) is 0 Å². The number of hydrogen-bond donors (Lipinski definition) is 3. The lowest BCUT2D eigenvalue weighted by molar-refractivity contribution is 0.00682. The van der Waals surface area contributed by atoms with Crippen LogP contribution in [0.4, 0.5) is 0 Å². The van der Waals surface area contributed by atoms with Gasteiger partial charge in [-0.1, -0.05) is 6.07 Å².